The van der Waals surface area contributed by atoms with Crippen molar-refractivity contribution < 1.29 is 9.53 Å². The molecule has 0 saturated carbocycles. The Morgan fingerprint density at radius 1 is 1.08 bits per heavy atom. The molecule has 0 atom stereocenters. The van der Waals surface area contributed by atoms with E-state index >= 15 is 0 Å². The van der Waals surface area contributed by atoms with E-state index in [0.717, 1.165) is 53.9 Å². The summed E-state index contributed by atoms with van der Waals surface area (Å²) < 4.78 is 5.73. The van der Waals surface area contributed by atoms with Crippen molar-refractivity contribution in [2.24, 2.45) is 0 Å². The number of carbonyl (C=O) groups is 1. The highest BCUT2D eigenvalue weighted by molar-refractivity contribution is 5.83. The van der Waals surface area contributed by atoms with E-state index in [1.54, 1.807) is 6.20 Å². The van der Waals surface area contributed by atoms with Crippen LogP contribution >= 0.6 is 0 Å². The number of piperidine rings is 1. The first-order valence-corrected chi connectivity index (χ1v) is 12.4. The molecule has 1 amide bonds. The zero-order valence-electron chi connectivity index (χ0n) is 20.6. The normalized spacial score (nSPS) is 13.7. The first-order valence-electron chi connectivity index (χ1n) is 12.4. The van der Waals surface area contributed by atoms with E-state index in [1.807, 2.05) is 62.4 Å². The zero-order valence-corrected chi connectivity index (χ0v) is 20.6. The van der Waals surface area contributed by atoms with Gasteiger partial charge in [0, 0.05) is 41.8 Å². The Kier molecular flexibility index (Phi) is 6.97. The van der Waals surface area contributed by atoms with Gasteiger partial charge in [-0.15, -0.1) is 0 Å². The summed E-state index contributed by atoms with van der Waals surface area (Å²) in [5.41, 5.74) is 2.73. The third-order valence-electron chi connectivity index (χ3n) is 6.02. The van der Waals surface area contributed by atoms with Crippen molar-refractivity contribution in [2.75, 3.05) is 29.9 Å². The number of amides is 1. The van der Waals surface area contributed by atoms with Gasteiger partial charge in [0.05, 0.1) is 11.7 Å². The minimum Gasteiger partial charge on any atom is -0.484 e. The van der Waals surface area contributed by atoms with E-state index in [1.165, 1.54) is 6.42 Å². The second kappa shape index (κ2) is 10.6. The first kappa shape index (κ1) is 23.6. The zero-order chi connectivity index (χ0) is 24.9. The molecule has 2 aromatic carbocycles. The number of rotatable bonds is 8. The lowest BCUT2D eigenvalue weighted by Crippen LogP contribution is -2.34. The summed E-state index contributed by atoms with van der Waals surface area (Å²) in [6.45, 7) is 5.75. The van der Waals surface area contributed by atoms with Crippen LogP contribution in [0.4, 0.5) is 17.3 Å². The van der Waals surface area contributed by atoms with E-state index in [4.69, 9.17) is 14.7 Å². The Bertz CT molecular complexity index is 1340. The van der Waals surface area contributed by atoms with Crippen LogP contribution in [0.25, 0.3) is 22.3 Å². The van der Waals surface area contributed by atoms with Gasteiger partial charge < -0.3 is 20.3 Å². The maximum Gasteiger partial charge on any atom is 0.258 e. The van der Waals surface area contributed by atoms with Crippen LogP contribution in [-0.4, -0.2) is 51.8 Å². The quantitative estimate of drug-likeness (QED) is 0.333. The minimum absolute atomic E-state index is 0.0421. The molecule has 0 unspecified atom stereocenters. The molecule has 0 aliphatic carbocycles. The Labute approximate surface area is 210 Å². The number of aromatic nitrogens is 4. The Balaban J connectivity index is 1.43. The molecule has 3 N–H and O–H groups in total. The Morgan fingerprint density at radius 2 is 1.94 bits per heavy atom. The molecule has 36 heavy (non-hydrogen) atoms. The number of aromatic amines is 1. The van der Waals surface area contributed by atoms with Crippen molar-refractivity contribution in [3.8, 4) is 17.1 Å². The largest absolute Gasteiger partial charge is 0.484 e. The lowest BCUT2D eigenvalue weighted by molar-refractivity contribution is -0.123. The fourth-order valence-corrected chi connectivity index (χ4v) is 4.32. The molecule has 2 aromatic heterocycles. The van der Waals surface area contributed by atoms with Gasteiger partial charge in [0.15, 0.2) is 12.4 Å². The van der Waals surface area contributed by atoms with E-state index < -0.39 is 0 Å². The molecule has 9 nitrogen and oxygen atoms in total. The second-order valence-corrected chi connectivity index (χ2v) is 9.32. The molecule has 4 aromatic rings. The van der Waals surface area contributed by atoms with Crippen LogP contribution in [0.1, 0.15) is 33.1 Å². The first-order chi connectivity index (χ1) is 17.5. The molecule has 1 fully saturated rings. The smallest absolute Gasteiger partial charge is 0.258 e. The number of fused-ring (bicyclic) bond motifs is 1. The monoisotopic (exact) mass is 485 g/mol. The van der Waals surface area contributed by atoms with Gasteiger partial charge in [-0.05, 0) is 63.4 Å². The van der Waals surface area contributed by atoms with Gasteiger partial charge in [0.1, 0.15) is 17.4 Å². The van der Waals surface area contributed by atoms with Crippen molar-refractivity contribution in [2.45, 2.75) is 39.2 Å². The SMILES string of the molecule is CC(C)NC(=O)COc1cccc(-c2nc(Nc3ccc4[nH]ncc4c3)cc(N3CCCCC3)n2)c1. The highest BCUT2D eigenvalue weighted by Gasteiger charge is 2.16. The maximum atomic E-state index is 12.0. The number of H-pyrrole nitrogens is 1. The van der Waals surface area contributed by atoms with Gasteiger partial charge in [0.2, 0.25) is 0 Å². The molecule has 186 valence electrons. The van der Waals surface area contributed by atoms with Crippen molar-refractivity contribution in [3.63, 3.8) is 0 Å². The summed E-state index contributed by atoms with van der Waals surface area (Å²) in [5.74, 6) is 2.65. The lowest BCUT2D eigenvalue weighted by atomic mass is 10.1. The second-order valence-electron chi connectivity index (χ2n) is 9.32. The van der Waals surface area contributed by atoms with Gasteiger partial charge in [0.25, 0.3) is 5.91 Å². The summed E-state index contributed by atoms with van der Waals surface area (Å²) in [6.07, 6.45) is 5.36. The predicted molar refractivity (Wildman–Crippen MR) is 142 cm³/mol. The van der Waals surface area contributed by atoms with Crippen molar-refractivity contribution in [3.05, 3.63) is 54.7 Å². The summed E-state index contributed by atoms with van der Waals surface area (Å²) >= 11 is 0. The van der Waals surface area contributed by atoms with Crippen molar-refractivity contribution in [1.29, 1.82) is 0 Å². The van der Waals surface area contributed by atoms with Crippen LogP contribution in [0, 0.1) is 0 Å². The Hall–Kier alpha value is -4.14. The molecule has 0 spiro atoms. The summed E-state index contributed by atoms with van der Waals surface area (Å²) in [5, 5.41) is 14.4. The fourth-order valence-electron chi connectivity index (χ4n) is 4.32. The van der Waals surface area contributed by atoms with Crippen LogP contribution in [0.3, 0.4) is 0 Å². The van der Waals surface area contributed by atoms with Crippen molar-refractivity contribution in [1.82, 2.24) is 25.5 Å². The Morgan fingerprint density at radius 3 is 2.78 bits per heavy atom. The summed E-state index contributed by atoms with van der Waals surface area (Å²) in [7, 11) is 0. The fraction of sp³-hybridized carbons (Fsp3) is 0.333. The lowest BCUT2D eigenvalue weighted by Gasteiger charge is -2.28. The van der Waals surface area contributed by atoms with Crippen LogP contribution in [0.2, 0.25) is 0 Å². The van der Waals surface area contributed by atoms with Crippen LogP contribution in [-0.2, 0) is 4.79 Å². The highest BCUT2D eigenvalue weighted by Crippen LogP contribution is 2.29. The van der Waals surface area contributed by atoms with Gasteiger partial charge in [-0.2, -0.15) is 5.10 Å². The van der Waals surface area contributed by atoms with Gasteiger partial charge >= 0.3 is 0 Å². The number of carbonyl (C=O) groups excluding carboxylic acids is 1. The summed E-state index contributed by atoms with van der Waals surface area (Å²) in [6, 6.07) is 15.7. The van der Waals surface area contributed by atoms with E-state index in [0.29, 0.717) is 17.4 Å². The standard InChI is InChI=1S/C27H31N7O2/c1-18(2)29-26(35)17-36-22-8-6-7-19(14-22)27-31-24(15-25(32-27)34-11-4-3-5-12-34)30-21-9-10-23-20(13-21)16-28-33-23/h6-10,13-16,18H,3-5,11-12,17H2,1-2H3,(H,28,33)(H,29,35)(H,30,31,32). The van der Waals surface area contributed by atoms with Crippen LogP contribution in [0.15, 0.2) is 54.7 Å². The average Bonchev–Trinajstić information content (AvgIpc) is 3.36. The molecule has 1 saturated heterocycles. The van der Waals surface area contributed by atoms with Gasteiger partial charge in [-0.25, -0.2) is 9.97 Å². The number of hydrogen-bond donors (Lipinski definition) is 3. The molecular formula is C27H31N7O2. The van der Waals surface area contributed by atoms with Crippen LogP contribution in [0.5, 0.6) is 5.75 Å². The molecule has 3 heterocycles. The molecule has 5 rings (SSSR count). The van der Waals surface area contributed by atoms with Gasteiger partial charge in [-0.3, -0.25) is 9.89 Å². The van der Waals surface area contributed by atoms with E-state index in [-0.39, 0.29) is 18.6 Å². The van der Waals surface area contributed by atoms with E-state index in [9.17, 15) is 4.79 Å². The topological polar surface area (TPSA) is 108 Å². The van der Waals surface area contributed by atoms with E-state index in [2.05, 4.69) is 25.7 Å². The molecule has 0 radical (unpaired) electrons. The third-order valence-corrected chi connectivity index (χ3v) is 6.02. The number of anilines is 3. The highest BCUT2D eigenvalue weighted by atomic mass is 16.5. The predicted octanol–water partition coefficient (Wildman–Crippen LogP) is 4.66. The molecular weight excluding hydrogens is 454 g/mol. The number of nitrogens with one attached hydrogen (secondary N) is 3. The molecule has 1 aliphatic heterocycles. The van der Waals surface area contributed by atoms with Crippen LogP contribution < -0.4 is 20.3 Å². The number of nitrogens with zero attached hydrogens (tertiary/aromatic N) is 4. The third kappa shape index (κ3) is 5.73. The maximum absolute atomic E-state index is 12.0. The number of hydrogen-bond acceptors (Lipinski definition) is 7. The number of ether oxygens (including phenoxy) is 1. The number of benzene rings is 2. The summed E-state index contributed by atoms with van der Waals surface area (Å²) in [4.78, 5) is 24.1. The average molecular weight is 486 g/mol. The molecule has 0 bridgehead atoms. The minimum atomic E-state index is -0.153. The molecule has 9 heteroatoms. The molecule has 1 aliphatic rings. The van der Waals surface area contributed by atoms with Crippen molar-refractivity contribution >= 4 is 34.1 Å². The van der Waals surface area contributed by atoms with Gasteiger partial charge in [-0.1, -0.05) is 12.1 Å².